The van der Waals surface area contributed by atoms with Crippen molar-refractivity contribution in [2.24, 2.45) is 0 Å². The van der Waals surface area contributed by atoms with E-state index < -0.39 is 35.5 Å². The normalized spacial score (nSPS) is 11.5. The molecule has 1 aromatic heterocycles. The summed E-state index contributed by atoms with van der Waals surface area (Å²) in [6, 6.07) is 10.6. The molecule has 186 valence electrons. The molecule has 0 atom stereocenters. The van der Waals surface area contributed by atoms with Gasteiger partial charge < -0.3 is 4.90 Å². The average molecular weight is 508 g/mol. The van der Waals surface area contributed by atoms with E-state index in [-0.39, 0.29) is 17.7 Å². The number of Topliss-reactive ketones (excluding diaryl/α,β-unsaturated/α-hetero) is 1. The number of carbonyl (C=O) groups is 2. The number of carbonyl (C=O) groups excluding carboxylic acids is 2. The standard InChI is InChI=1S/C25H25ClF3N3O3/c1-3-6-20-22(24(35)32(30-20)19-11-9-18(26)10-12-19)21(33)15-31(13-4-2)23(34)16-7-5-8-17(14-16)25(27,28)29/h5,7-12,14,30H,3-4,6,13,15H2,1-2H3. The Bertz CT molecular complexity index is 1260. The zero-order valence-corrected chi connectivity index (χ0v) is 20.0. The molecule has 0 saturated heterocycles. The van der Waals surface area contributed by atoms with Crippen molar-refractivity contribution in [3.05, 3.63) is 86.3 Å². The number of amides is 1. The van der Waals surface area contributed by atoms with Gasteiger partial charge in [-0.2, -0.15) is 13.2 Å². The van der Waals surface area contributed by atoms with Gasteiger partial charge in [0.1, 0.15) is 5.56 Å². The van der Waals surface area contributed by atoms with Crippen LogP contribution in [0.3, 0.4) is 0 Å². The number of H-pyrrole nitrogens is 1. The summed E-state index contributed by atoms with van der Waals surface area (Å²) in [6.45, 7) is 3.38. The summed E-state index contributed by atoms with van der Waals surface area (Å²) in [6.07, 6.45) is -3.05. The highest BCUT2D eigenvalue weighted by atomic mass is 35.5. The molecule has 10 heteroatoms. The molecule has 0 bridgehead atoms. The van der Waals surface area contributed by atoms with Gasteiger partial charge in [-0.15, -0.1) is 0 Å². The van der Waals surface area contributed by atoms with Crippen molar-refractivity contribution in [1.82, 2.24) is 14.7 Å². The van der Waals surface area contributed by atoms with Crippen molar-refractivity contribution < 1.29 is 22.8 Å². The number of alkyl halides is 3. The first-order chi connectivity index (χ1) is 16.6. The molecule has 3 aromatic rings. The smallest absolute Gasteiger partial charge is 0.331 e. The molecule has 0 spiro atoms. The zero-order valence-electron chi connectivity index (χ0n) is 19.3. The lowest BCUT2D eigenvalue weighted by atomic mass is 10.1. The highest BCUT2D eigenvalue weighted by Crippen LogP contribution is 2.29. The molecule has 6 nitrogen and oxygen atoms in total. The number of aromatic amines is 1. The number of halogens is 4. The lowest BCUT2D eigenvalue weighted by molar-refractivity contribution is -0.137. The SMILES string of the molecule is CCCc1[nH]n(-c2ccc(Cl)cc2)c(=O)c1C(=O)CN(CCC)C(=O)c1cccc(C(F)(F)F)c1. The Hall–Kier alpha value is -3.33. The monoisotopic (exact) mass is 507 g/mol. The van der Waals surface area contributed by atoms with E-state index in [1.807, 2.05) is 6.92 Å². The molecule has 0 aliphatic carbocycles. The molecule has 0 aliphatic heterocycles. The van der Waals surface area contributed by atoms with Crippen molar-refractivity contribution in [3.8, 4) is 5.69 Å². The van der Waals surface area contributed by atoms with E-state index in [9.17, 15) is 27.6 Å². The fraction of sp³-hybridized carbons (Fsp3) is 0.320. The van der Waals surface area contributed by atoms with Crippen LogP contribution in [-0.2, 0) is 12.6 Å². The Balaban J connectivity index is 1.94. The Morgan fingerprint density at radius 2 is 1.74 bits per heavy atom. The van der Waals surface area contributed by atoms with Gasteiger partial charge in [-0.1, -0.05) is 37.9 Å². The number of ketones is 1. The van der Waals surface area contributed by atoms with Gasteiger partial charge in [-0.25, -0.2) is 4.68 Å². The summed E-state index contributed by atoms with van der Waals surface area (Å²) in [5.74, 6) is -1.30. The molecule has 0 aliphatic rings. The van der Waals surface area contributed by atoms with Crippen LogP contribution in [0.1, 0.15) is 58.7 Å². The van der Waals surface area contributed by atoms with Crippen molar-refractivity contribution in [2.75, 3.05) is 13.1 Å². The fourth-order valence-electron chi connectivity index (χ4n) is 3.76. The summed E-state index contributed by atoms with van der Waals surface area (Å²) in [7, 11) is 0. The van der Waals surface area contributed by atoms with Crippen LogP contribution in [0.2, 0.25) is 5.02 Å². The van der Waals surface area contributed by atoms with E-state index in [2.05, 4.69) is 5.10 Å². The lowest BCUT2D eigenvalue weighted by Crippen LogP contribution is -2.38. The summed E-state index contributed by atoms with van der Waals surface area (Å²) >= 11 is 5.93. The zero-order chi connectivity index (χ0) is 25.8. The van der Waals surface area contributed by atoms with Gasteiger partial charge in [0.15, 0.2) is 5.78 Å². The van der Waals surface area contributed by atoms with Crippen LogP contribution in [0.5, 0.6) is 0 Å². The Morgan fingerprint density at radius 1 is 1.06 bits per heavy atom. The molecule has 0 saturated carbocycles. The third-order valence-electron chi connectivity index (χ3n) is 5.38. The second-order valence-corrected chi connectivity index (χ2v) is 8.50. The third kappa shape index (κ3) is 6.03. The van der Waals surface area contributed by atoms with E-state index in [1.54, 1.807) is 31.2 Å². The van der Waals surface area contributed by atoms with E-state index in [1.165, 1.54) is 15.6 Å². The Morgan fingerprint density at radius 3 is 2.34 bits per heavy atom. The number of benzene rings is 2. The van der Waals surface area contributed by atoms with Crippen LogP contribution >= 0.6 is 11.6 Å². The van der Waals surface area contributed by atoms with E-state index >= 15 is 0 Å². The molecule has 1 amide bonds. The predicted octanol–water partition coefficient (Wildman–Crippen LogP) is 5.53. The van der Waals surface area contributed by atoms with Gasteiger partial charge in [-0.05, 0) is 55.3 Å². The molecule has 35 heavy (non-hydrogen) atoms. The maximum Gasteiger partial charge on any atom is 0.416 e. The molecule has 1 N–H and O–H groups in total. The molecule has 0 unspecified atom stereocenters. The molecular formula is C25H25ClF3N3O3. The topological polar surface area (TPSA) is 75.2 Å². The van der Waals surface area contributed by atoms with Crippen LogP contribution in [0, 0.1) is 0 Å². The number of hydrogen-bond acceptors (Lipinski definition) is 3. The summed E-state index contributed by atoms with van der Waals surface area (Å²) < 4.78 is 40.6. The molecule has 3 rings (SSSR count). The van der Waals surface area contributed by atoms with Gasteiger partial charge in [0.2, 0.25) is 0 Å². The van der Waals surface area contributed by atoms with Crippen LogP contribution in [-0.4, -0.2) is 39.5 Å². The first-order valence-corrected chi connectivity index (χ1v) is 11.5. The van der Waals surface area contributed by atoms with Crippen LogP contribution in [0.4, 0.5) is 13.2 Å². The van der Waals surface area contributed by atoms with Gasteiger partial charge in [-0.3, -0.25) is 19.5 Å². The van der Waals surface area contributed by atoms with Crippen LogP contribution in [0.15, 0.2) is 53.3 Å². The predicted molar refractivity (Wildman–Crippen MR) is 127 cm³/mol. The van der Waals surface area contributed by atoms with Gasteiger partial charge in [0, 0.05) is 22.8 Å². The molecule has 1 heterocycles. The highest BCUT2D eigenvalue weighted by molar-refractivity contribution is 6.30. The second kappa shape index (κ2) is 10.9. The van der Waals surface area contributed by atoms with Crippen molar-refractivity contribution >= 4 is 23.3 Å². The molecule has 0 fully saturated rings. The first-order valence-electron chi connectivity index (χ1n) is 11.2. The van der Waals surface area contributed by atoms with E-state index in [4.69, 9.17) is 11.6 Å². The third-order valence-corrected chi connectivity index (χ3v) is 5.63. The van der Waals surface area contributed by atoms with Crippen molar-refractivity contribution in [3.63, 3.8) is 0 Å². The van der Waals surface area contributed by atoms with E-state index in [0.29, 0.717) is 35.7 Å². The molecule has 0 radical (unpaired) electrons. The molecular weight excluding hydrogens is 483 g/mol. The average Bonchev–Trinajstić information content (AvgIpc) is 3.14. The summed E-state index contributed by atoms with van der Waals surface area (Å²) in [5.41, 5.74) is -0.847. The molecule has 2 aromatic carbocycles. The fourth-order valence-corrected chi connectivity index (χ4v) is 3.88. The van der Waals surface area contributed by atoms with Crippen LogP contribution < -0.4 is 5.56 Å². The van der Waals surface area contributed by atoms with Gasteiger partial charge in [0.05, 0.1) is 17.8 Å². The minimum atomic E-state index is -4.60. The largest absolute Gasteiger partial charge is 0.416 e. The minimum absolute atomic E-state index is 0.0697. The maximum atomic E-state index is 13.3. The lowest BCUT2D eigenvalue weighted by Gasteiger charge is -2.22. The van der Waals surface area contributed by atoms with Crippen molar-refractivity contribution in [2.45, 2.75) is 39.3 Å². The minimum Gasteiger partial charge on any atom is -0.331 e. The quantitative estimate of drug-likeness (QED) is 0.387. The summed E-state index contributed by atoms with van der Waals surface area (Å²) in [5, 5.41) is 3.46. The highest BCUT2D eigenvalue weighted by Gasteiger charge is 2.32. The number of aryl methyl sites for hydroxylation is 1. The first kappa shape index (κ1) is 26.3. The maximum absolute atomic E-state index is 13.3. The van der Waals surface area contributed by atoms with Gasteiger partial charge in [0.25, 0.3) is 11.5 Å². The number of hydrogen-bond donors (Lipinski definition) is 1. The van der Waals surface area contributed by atoms with Crippen molar-refractivity contribution in [1.29, 1.82) is 0 Å². The van der Waals surface area contributed by atoms with E-state index in [0.717, 1.165) is 18.2 Å². The number of nitrogens with zero attached hydrogens (tertiary/aromatic N) is 2. The Labute approximate surface area is 205 Å². The Kier molecular flexibility index (Phi) is 8.22. The summed E-state index contributed by atoms with van der Waals surface area (Å²) in [4.78, 5) is 40.7. The number of rotatable bonds is 9. The second-order valence-electron chi connectivity index (χ2n) is 8.06. The number of aromatic nitrogens is 2. The van der Waals surface area contributed by atoms with Crippen LogP contribution in [0.25, 0.3) is 5.69 Å². The van der Waals surface area contributed by atoms with Gasteiger partial charge >= 0.3 is 6.18 Å². The number of nitrogens with one attached hydrogen (secondary N) is 1.